The van der Waals surface area contributed by atoms with E-state index in [2.05, 4.69) is 49.3 Å². The van der Waals surface area contributed by atoms with Gasteiger partial charge in [0.1, 0.15) is 5.60 Å². The number of carbonyl (C=O) groups excluding carboxylic acids is 1. The average molecular weight is 576 g/mol. The molecule has 0 aliphatic carbocycles. The minimum absolute atomic E-state index is 0.218. The van der Waals surface area contributed by atoms with Crippen molar-refractivity contribution in [3.63, 3.8) is 0 Å². The van der Waals surface area contributed by atoms with Crippen LogP contribution in [0, 0.1) is 15.2 Å². The Labute approximate surface area is 181 Å². The maximum Gasteiger partial charge on any atom is 0.277 e. The molecule has 2 aromatic rings. The summed E-state index contributed by atoms with van der Waals surface area (Å²) in [5.41, 5.74) is 0.749. The summed E-state index contributed by atoms with van der Waals surface area (Å²) in [5.74, 6) is -3.25. The van der Waals surface area contributed by atoms with E-state index < -0.39 is 28.8 Å². The minimum Gasteiger partial charge on any atom is -0.393 e. The molecular formula is C17H15BrClF2IN2O3. The van der Waals surface area contributed by atoms with E-state index in [0.29, 0.717) is 5.69 Å². The molecule has 10 heteroatoms. The van der Waals surface area contributed by atoms with Crippen LogP contribution in [0.3, 0.4) is 0 Å². The summed E-state index contributed by atoms with van der Waals surface area (Å²) in [6.45, 7) is 2.72. The smallest absolute Gasteiger partial charge is 0.277 e. The average Bonchev–Trinajstić information content (AvgIpc) is 2.61. The van der Waals surface area contributed by atoms with Crippen LogP contribution >= 0.6 is 50.1 Å². The summed E-state index contributed by atoms with van der Waals surface area (Å²) in [7, 11) is 0. The summed E-state index contributed by atoms with van der Waals surface area (Å²) in [6, 6.07) is 6.04. The normalized spacial score (nSPS) is 11.4. The number of rotatable bonds is 6. The van der Waals surface area contributed by atoms with Crippen LogP contribution in [0.5, 0.6) is 0 Å². The molecule has 0 aliphatic rings. The zero-order valence-corrected chi connectivity index (χ0v) is 18.7. The predicted molar refractivity (Wildman–Crippen MR) is 111 cm³/mol. The monoisotopic (exact) mass is 574 g/mol. The first-order valence-electron chi connectivity index (χ1n) is 7.54. The van der Waals surface area contributed by atoms with Crippen LogP contribution in [-0.2, 0) is 4.84 Å². The third-order valence-corrected chi connectivity index (χ3v) is 4.96. The number of hydrogen-bond acceptors (Lipinski definition) is 4. The number of hydroxylamine groups is 1. The maximum absolute atomic E-state index is 14.5. The number of aliphatic hydroxyl groups is 1. The largest absolute Gasteiger partial charge is 0.393 e. The second kappa shape index (κ2) is 8.99. The summed E-state index contributed by atoms with van der Waals surface area (Å²) in [4.78, 5) is 17.6. The van der Waals surface area contributed by atoms with Gasteiger partial charge in [0.2, 0.25) is 0 Å². The van der Waals surface area contributed by atoms with Crippen molar-refractivity contribution in [1.82, 2.24) is 5.48 Å². The quantitative estimate of drug-likeness (QED) is 0.253. The van der Waals surface area contributed by atoms with Crippen molar-refractivity contribution in [2.75, 3.05) is 11.9 Å². The Balaban J connectivity index is 2.43. The first-order chi connectivity index (χ1) is 12.6. The van der Waals surface area contributed by atoms with Crippen LogP contribution in [0.2, 0.25) is 5.02 Å². The molecule has 2 aromatic carbocycles. The lowest BCUT2D eigenvalue weighted by Gasteiger charge is -2.22. The molecule has 0 atom stereocenters. The Morgan fingerprint density at radius 1 is 1.33 bits per heavy atom. The van der Waals surface area contributed by atoms with Crippen LogP contribution in [-0.4, -0.2) is 23.2 Å². The lowest BCUT2D eigenvalue weighted by molar-refractivity contribution is -0.0956. The molecule has 0 spiro atoms. The number of carbonyl (C=O) groups is 1. The number of amides is 1. The first-order valence-corrected chi connectivity index (χ1v) is 9.79. The van der Waals surface area contributed by atoms with E-state index in [1.807, 2.05) is 0 Å². The van der Waals surface area contributed by atoms with Crippen LogP contribution in [0.15, 0.2) is 28.7 Å². The molecule has 1 amide bonds. The van der Waals surface area contributed by atoms with Crippen molar-refractivity contribution >= 4 is 67.4 Å². The SMILES string of the molecule is CC(C)(CO)ONC(=O)c1cc(Br)c(F)c(F)c1Nc1ccc(I)cc1Cl. The van der Waals surface area contributed by atoms with Crippen LogP contribution < -0.4 is 10.8 Å². The number of nitrogens with one attached hydrogen (secondary N) is 2. The molecule has 0 aromatic heterocycles. The van der Waals surface area contributed by atoms with E-state index >= 15 is 0 Å². The minimum atomic E-state index is -1.26. The van der Waals surface area contributed by atoms with Gasteiger partial charge in [-0.1, -0.05) is 11.6 Å². The second-order valence-corrected chi connectivity index (χ2v) is 8.62. The van der Waals surface area contributed by atoms with Crippen molar-refractivity contribution < 1.29 is 23.5 Å². The van der Waals surface area contributed by atoms with E-state index in [4.69, 9.17) is 16.4 Å². The Hall–Kier alpha value is -1.01. The highest BCUT2D eigenvalue weighted by atomic mass is 127. The van der Waals surface area contributed by atoms with Gasteiger partial charge in [0.15, 0.2) is 11.6 Å². The van der Waals surface area contributed by atoms with Crippen LogP contribution in [0.1, 0.15) is 24.2 Å². The van der Waals surface area contributed by atoms with Crippen molar-refractivity contribution in [1.29, 1.82) is 0 Å². The van der Waals surface area contributed by atoms with Gasteiger partial charge in [-0.05, 0) is 76.6 Å². The highest BCUT2D eigenvalue weighted by Crippen LogP contribution is 2.34. The number of benzene rings is 2. The Morgan fingerprint density at radius 2 is 2.00 bits per heavy atom. The highest BCUT2D eigenvalue weighted by molar-refractivity contribution is 14.1. The van der Waals surface area contributed by atoms with Gasteiger partial charge in [-0.2, -0.15) is 0 Å². The van der Waals surface area contributed by atoms with Gasteiger partial charge in [-0.3, -0.25) is 9.63 Å². The van der Waals surface area contributed by atoms with Gasteiger partial charge in [0.05, 0.1) is 33.0 Å². The third-order valence-electron chi connectivity index (χ3n) is 3.40. The van der Waals surface area contributed by atoms with Gasteiger partial charge in [0.25, 0.3) is 5.91 Å². The zero-order chi connectivity index (χ0) is 20.4. The van der Waals surface area contributed by atoms with E-state index in [0.717, 1.165) is 9.64 Å². The topological polar surface area (TPSA) is 70.6 Å². The standard InChI is InChI=1S/C17H15BrClF2IN2O3/c1-17(2,7-25)27-24-16(26)9-6-10(18)13(20)14(21)15(9)23-12-4-3-8(22)5-11(12)19/h3-6,23,25H,7H2,1-2H3,(H,24,26). The molecule has 27 heavy (non-hydrogen) atoms. The fraction of sp³-hybridized carbons (Fsp3) is 0.235. The molecule has 0 unspecified atom stereocenters. The second-order valence-electron chi connectivity index (χ2n) is 6.11. The molecule has 0 aliphatic heterocycles. The van der Waals surface area contributed by atoms with Gasteiger partial charge < -0.3 is 10.4 Å². The van der Waals surface area contributed by atoms with Crippen molar-refractivity contribution in [3.8, 4) is 0 Å². The lowest BCUT2D eigenvalue weighted by Crippen LogP contribution is -2.38. The van der Waals surface area contributed by atoms with Gasteiger partial charge >= 0.3 is 0 Å². The fourth-order valence-corrected chi connectivity index (χ4v) is 3.20. The Morgan fingerprint density at radius 3 is 2.59 bits per heavy atom. The number of halogens is 5. The van der Waals surface area contributed by atoms with E-state index in [1.165, 1.54) is 0 Å². The molecule has 0 saturated heterocycles. The Kier molecular flexibility index (Phi) is 7.42. The molecule has 0 fully saturated rings. The molecule has 3 N–H and O–H groups in total. The first kappa shape index (κ1) is 22.3. The van der Waals surface area contributed by atoms with Crippen LogP contribution in [0.25, 0.3) is 0 Å². The number of hydrogen-bond donors (Lipinski definition) is 3. The molecule has 0 saturated carbocycles. The number of anilines is 2. The van der Waals surface area contributed by atoms with Gasteiger partial charge in [-0.15, -0.1) is 0 Å². The molecule has 0 heterocycles. The molecular weight excluding hydrogens is 560 g/mol. The molecule has 146 valence electrons. The maximum atomic E-state index is 14.5. The lowest BCUT2D eigenvalue weighted by atomic mass is 10.1. The van der Waals surface area contributed by atoms with Crippen molar-refractivity contribution in [2.45, 2.75) is 19.4 Å². The highest BCUT2D eigenvalue weighted by Gasteiger charge is 2.25. The van der Waals surface area contributed by atoms with Crippen molar-refractivity contribution in [2.24, 2.45) is 0 Å². The summed E-state index contributed by atoms with van der Waals surface area (Å²) in [5, 5.41) is 12.1. The molecule has 0 bridgehead atoms. The number of aliphatic hydroxyl groups excluding tert-OH is 1. The van der Waals surface area contributed by atoms with Crippen LogP contribution in [0.4, 0.5) is 20.2 Å². The van der Waals surface area contributed by atoms with E-state index in [9.17, 15) is 18.7 Å². The molecule has 2 rings (SSSR count). The van der Waals surface area contributed by atoms with Gasteiger partial charge in [0, 0.05) is 3.57 Å². The van der Waals surface area contributed by atoms with E-state index in [1.54, 1.807) is 32.0 Å². The predicted octanol–water partition coefficient (Wildman–Crippen LogP) is 5.16. The summed E-state index contributed by atoms with van der Waals surface area (Å²) < 4.78 is 29.2. The fourth-order valence-electron chi connectivity index (χ4n) is 1.89. The van der Waals surface area contributed by atoms with Gasteiger partial charge in [-0.25, -0.2) is 14.3 Å². The summed E-state index contributed by atoms with van der Waals surface area (Å²) >= 11 is 11.1. The molecule has 5 nitrogen and oxygen atoms in total. The zero-order valence-electron chi connectivity index (χ0n) is 14.2. The summed E-state index contributed by atoms with van der Waals surface area (Å²) in [6.07, 6.45) is 0. The molecule has 0 radical (unpaired) electrons. The third kappa shape index (κ3) is 5.50. The van der Waals surface area contributed by atoms with E-state index in [-0.39, 0.29) is 21.7 Å². The Bertz CT molecular complexity index is 884. The van der Waals surface area contributed by atoms with Crippen molar-refractivity contribution in [3.05, 3.63) is 54.5 Å².